The molecule has 0 aliphatic heterocycles. The summed E-state index contributed by atoms with van der Waals surface area (Å²) in [5.41, 5.74) is 6.42. The number of aryl methyl sites for hydroxylation is 1. The Morgan fingerprint density at radius 3 is 2.94 bits per heavy atom. The highest BCUT2D eigenvalue weighted by Gasteiger charge is 2.04. The van der Waals surface area contributed by atoms with Gasteiger partial charge in [-0.15, -0.1) is 0 Å². The van der Waals surface area contributed by atoms with Crippen LogP contribution in [-0.4, -0.2) is 9.78 Å². The van der Waals surface area contributed by atoms with Crippen molar-refractivity contribution in [2.75, 3.05) is 5.73 Å². The predicted molar refractivity (Wildman–Crippen MR) is 66.5 cm³/mol. The molecule has 0 fully saturated rings. The number of nitrogens with two attached hydrogens (primary N) is 1. The van der Waals surface area contributed by atoms with Gasteiger partial charge in [-0.2, -0.15) is 5.10 Å². The van der Waals surface area contributed by atoms with E-state index in [1.54, 1.807) is 16.9 Å². The first-order chi connectivity index (χ1) is 7.69. The summed E-state index contributed by atoms with van der Waals surface area (Å²) in [6.07, 6.45) is 3.51. The van der Waals surface area contributed by atoms with Crippen LogP contribution in [0.3, 0.4) is 0 Å². The molecule has 0 aliphatic carbocycles. The number of benzene rings is 1. The Labute approximate surface area is 102 Å². The number of halogens is 1. The topological polar surface area (TPSA) is 53.1 Å². The van der Waals surface area contributed by atoms with Crippen LogP contribution in [0.4, 0.5) is 5.69 Å². The van der Waals surface area contributed by atoms with Crippen LogP contribution >= 0.6 is 15.9 Å². The molecule has 0 saturated heterocycles. The van der Waals surface area contributed by atoms with Crippen molar-refractivity contribution >= 4 is 21.6 Å². The van der Waals surface area contributed by atoms with Crippen LogP contribution in [0.1, 0.15) is 6.92 Å². The van der Waals surface area contributed by atoms with Gasteiger partial charge in [0, 0.05) is 11.0 Å². The second-order valence-corrected chi connectivity index (χ2v) is 4.23. The number of rotatable bonds is 3. The highest BCUT2D eigenvalue weighted by Crippen LogP contribution is 2.29. The number of hydrogen-bond donors (Lipinski definition) is 1. The van der Waals surface area contributed by atoms with Gasteiger partial charge in [-0.25, -0.2) is 0 Å². The van der Waals surface area contributed by atoms with E-state index in [0.717, 1.165) is 11.0 Å². The van der Waals surface area contributed by atoms with Crippen molar-refractivity contribution in [3.8, 4) is 11.5 Å². The molecule has 0 saturated carbocycles. The zero-order valence-corrected chi connectivity index (χ0v) is 10.4. The lowest BCUT2D eigenvalue weighted by Gasteiger charge is -2.06. The highest BCUT2D eigenvalue weighted by atomic mass is 79.9. The van der Waals surface area contributed by atoms with E-state index in [-0.39, 0.29) is 0 Å². The zero-order chi connectivity index (χ0) is 11.5. The normalized spacial score (nSPS) is 10.4. The zero-order valence-electron chi connectivity index (χ0n) is 8.85. The van der Waals surface area contributed by atoms with Crippen molar-refractivity contribution in [1.82, 2.24) is 9.78 Å². The van der Waals surface area contributed by atoms with Gasteiger partial charge in [0.25, 0.3) is 0 Å². The van der Waals surface area contributed by atoms with Crippen LogP contribution in [0.25, 0.3) is 0 Å². The van der Waals surface area contributed by atoms with Crippen LogP contribution in [0.2, 0.25) is 0 Å². The molecule has 2 aromatic rings. The maximum absolute atomic E-state index is 5.83. The van der Waals surface area contributed by atoms with Crippen LogP contribution in [-0.2, 0) is 6.54 Å². The lowest BCUT2D eigenvalue weighted by molar-refractivity contribution is 0.483. The largest absolute Gasteiger partial charge is 0.452 e. The summed E-state index contributed by atoms with van der Waals surface area (Å²) in [5, 5.41) is 4.12. The van der Waals surface area contributed by atoms with Gasteiger partial charge in [0.05, 0.1) is 18.1 Å². The summed E-state index contributed by atoms with van der Waals surface area (Å²) in [4.78, 5) is 0. The van der Waals surface area contributed by atoms with E-state index in [2.05, 4.69) is 21.0 Å². The third-order valence-electron chi connectivity index (χ3n) is 2.13. The third-order valence-corrected chi connectivity index (χ3v) is 2.63. The van der Waals surface area contributed by atoms with Crippen molar-refractivity contribution in [1.29, 1.82) is 0 Å². The Bertz CT molecular complexity index is 496. The molecule has 4 nitrogen and oxygen atoms in total. The molecule has 0 radical (unpaired) electrons. The van der Waals surface area contributed by atoms with Crippen molar-refractivity contribution in [3.63, 3.8) is 0 Å². The van der Waals surface area contributed by atoms with Gasteiger partial charge >= 0.3 is 0 Å². The van der Waals surface area contributed by atoms with E-state index >= 15 is 0 Å². The van der Waals surface area contributed by atoms with E-state index < -0.39 is 0 Å². The van der Waals surface area contributed by atoms with Gasteiger partial charge in [0.2, 0.25) is 0 Å². The van der Waals surface area contributed by atoms with Crippen LogP contribution in [0.5, 0.6) is 11.5 Å². The van der Waals surface area contributed by atoms with E-state index in [4.69, 9.17) is 10.5 Å². The second kappa shape index (κ2) is 4.57. The number of aromatic nitrogens is 2. The molecular formula is C11H12BrN3O. The first-order valence-electron chi connectivity index (χ1n) is 4.94. The van der Waals surface area contributed by atoms with E-state index in [1.165, 1.54) is 0 Å². The molecule has 0 bridgehead atoms. The van der Waals surface area contributed by atoms with Gasteiger partial charge < -0.3 is 10.5 Å². The minimum Gasteiger partial charge on any atom is -0.452 e. The van der Waals surface area contributed by atoms with Gasteiger partial charge in [-0.05, 0) is 25.1 Å². The molecule has 2 rings (SSSR count). The summed E-state index contributed by atoms with van der Waals surface area (Å²) in [6, 6.07) is 5.51. The van der Waals surface area contributed by atoms with Crippen molar-refractivity contribution in [2.24, 2.45) is 0 Å². The number of hydrogen-bond acceptors (Lipinski definition) is 3. The molecule has 16 heavy (non-hydrogen) atoms. The maximum atomic E-state index is 5.83. The number of nitrogen functional groups attached to an aromatic ring is 1. The molecule has 2 N–H and O–H groups in total. The van der Waals surface area contributed by atoms with Gasteiger partial charge in [0.1, 0.15) is 0 Å². The smallest absolute Gasteiger partial charge is 0.165 e. The summed E-state index contributed by atoms with van der Waals surface area (Å²) in [5.74, 6) is 1.33. The fourth-order valence-corrected chi connectivity index (χ4v) is 1.69. The van der Waals surface area contributed by atoms with Crippen LogP contribution < -0.4 is 10.5 Å². The lowest BCUT2D eigenvalue weighted by atomic mass is 10.3. The average Bonchev–Trinajstić information content (AvgIpc) is 2.70. The Balaban J connectivity index is 2.20. The first kappa shape index (κ1) is 11.0. The quantitative estimate of drug-likeness (QED) is 0.880. The van der Waals surface area contributed by atoms with Crippen LogP contribution in [0.15, 0.2) is 35.1 Å². The average molecular weight is 282 g/mol. The van der Waals surface area contributed by atoms with Crippen molar-refractivity contribution in [2.45, 2.75) is 13.5 Å². The van der Waals surface area contributed by atoms with E-state index in [9.17, 15) is 0 Å². The fraction of sp³-hybridized carbons (Fsp3) is 0.182. The molecule has 1 aromatic carbocycles. The Morgan fingerprint density at radius 2 is 2.31 bits per heavy atom. The number of nitrogens with zero attached hydrogens (tertiary/aromatic N) is 2. The van der Waals surface area contributed by atoms with E-state index in [0.29, 0.717) is 17.2 Å². The molecule has 0 spiro atoms. The van der Waals surface area contributed by atoms with E-state index in [1.807, 2.05) is 25.3 Å². The summed E-state index contributed by atoms with van der Waals surface area (Å²) in [7, 11) is 0. The lowest BCUT2D eigenvalue weighted by Crippen LogP contribution is -1.93. The Kier molecular flexibility index (Phi) is 3.14. The first-order valence-corrected chi connectivity index (χ1v) is 5.73. The molecular weight excluding hydrogens is 270 g/mol. The monoisotopic (exact) mass is 281 g/mol. The van der Waals surface area contributed by atoms with Crippen molar-refractivity contribution in [3.05, 3.63) is 35.1 Å². The van der Waals surface area contributed by atoms with Crippen molar-refractivity contribution < 1.29 is 4.74 Å². The fourth-order valence-electron chi connectivity index (χ4n) is 1.31. The van der Waals surface area contributed by atoms with Crippen LogP contribution in [0, 0.1) is 0 Å². The third kappa shape index (κ3) is 2.36. The molecule has 0 unspecified atom stereocenters. The molecule has 1 heterocycles. The van der Waals surface area contributed by atoms with Gasteiger partial charge in [-0.3, -0.25) is 4.68 Å². The number of anilines is 1. The molecule has 0 aliphatic rings. The Morgan fingerprint density at radius 1 is 1.50 bits per heavy atom. The molecule has 84 valence electrons. The summed E-state index contributed by atoms with van der Waals surface area (Å²) >= 11 is 3.35. The standard InChI is InChI=1S/C11H12BrN3O/c1-2-15-7-9(6-14-15)16-11-4-3-8(12)5-10(11)13/h3-7H,2,13H2,1H3. The molecule has 0 amide bonds. The Hall–Kier alpha value is -1.49. The molecule has 1 aromatic heterocycles. The SMILES string of the molecule is CCn1cc(Oc2ccc(Br)cc2N)cn1. The maximum Gasteiger partial charge on any atom is 0.165 e. The predicted octanol–water partition coefficient (Wildman–Crippen LogP) is 3.04. The molecule has 0 atom stereocenters. The highest BCUT2D eigenvalue weighted by molar-refractivity contribution is 9.10. The van der Waals surface area contributed by atoms with Gasteiger partial charge in [0.15, 0.2) is 11.5 Å². The minimum atomic E-state index is 0.596. The summed E-state index contributed by atoms with van der Waals surface area (Å²) in [6.45, 7) is 2.84. The minimum absolute atomic E-state index is 0.596. The second-order valence-electron chi connectivity index (χ2n) is 3.32. The molecule has 5 heteroatoms. The summed E-state index contributed by atoms with van der Waals surface area (Å²) < 4.78 is 8.35. The number of ether oxygens (including phenoxy) is 1. The van der Waals surface area contributed by atoms with Gasteiger partial charge in [-0.1, -0.05) is 15.9 Å².